The Bertz CT molecular complexity index is 665. The first-order valence-electron chi connectivity index (χ1n) is 6.63. The number of benzene rings is 1. The Morgan fingerprint density at radius 1 is 1.19 bits per heavy atom. The lowest BCUT2D eigenvalue weighted by molar-refractivity contribution is -0.140. The van der Waals surface area contributed by atoms with Crippen LogP contribution in [0.5, 0.6) is 0 Å². The van der Waals surface area contributed by atoms with Gasteiger partial charge in [-0.3, -0.25) is 4.98 Å². The third-order valence-corrected chi connectivity index (χ3v) is 3.11. The molecule has 0 bridgehead atoms. The van der Waals surface area contributed by atoms with Crippen molar-refractivity contribution in [1.29, 1.82) is 0 Å². The minimum Gasteiger partial charge on any atom is -0.480 e. The van der Waals surface area contributed by atoms with E-state index in [4.69, 9.17) is 5.11 Å². The first-order valence-corrected chi connectivity index (χ1v) is 6.63. The number of carbonyl (C=O) groups excluding carboxylic acids is 1. The van der Waals surface area contributed by atoms with Crippen LogP contribution in [0.3, 0.4) is 0 Å². The largest absolute Gasteiger partial charge is 0.480 e. The number of nitrogens with zero attached hydrogens (tertiary/aromatic N) is 1. The van der Waals surface area contributed by atoms with Crippen LogP contribution in [0.2, 0.25) is 0 Å². The molecule has 2 rings (SSSR count). The van der Waals surface area contributed by atoms with Gasteiger partial charge in [0.15, 0.2) is 0 Å². The molecule has 110 valence electrons. The third kappa shape index (κ3) is 3.47. The number of carboxylic acids is 1. The number of aromatic nitrogens is 1. The number of pyridine rings is 1. The minimum absolute atomic E-state index is 0.206. The van der Waals surface area contributed by atoms with E-state index < -0.39 is 18.0 Å². The van der Waals surface area contributed by atoms with E-state index in [0.29, 0.717) is 5.69 Å². The smallest absolute Gasteiger partial charge is 0.326 e. The summed E-state index contributed by atoms with van der Waals surface area (Å²) >= 11 is 0. The van der Waals surface area contributed by atoms with Crippen LogP contribution in [0.15, 0.2) is 36.5 Å². The van der Waals surface area contributed by atoms with E-state index in [1.54, 1.807) is 38.2 Å². The van der Waals surface area contributed by atoms with E-state index in [9.17, 15) is 9.59 Å². The van der Waals surface area contributed by atoms with Crippen LogP contribution in [0, 0.1) is 5.92 Å². The highest BCUT2D eigenvalue weighted by Crippen LogP contribution is 2.21. The Morgan fingerprint density at radius 3 is 2.62 bits per heavy atom. The number of carboxylic acid groups (broad SMARTS) is 1. The topological polar surface area (TPSA) is 91.3 Å². The summed E-state index contributed by atoms with van der Waals surface area (Å²) in [4.78, 5) is 27.3. The highest BCUT2D eigenvalue weighted by Gasteiger charge is 2.23. The number of nitrogens with one attached hydrogen (secondary N) is 2. The molecule has 0 aliphatic rings. The summed E-state index contributed by atoms with van der Waals surface area (Å²) in [5.74, 6) is -1.26. The molecule has 1 atom stereocenters. The number of rotatable bonds is 4. The maximum Gasteiger partial charge on any atom is 0.326 e. The molecular formula is C15H17N3O3. The Morgan fingerprint density at radius 2 is 1.95 bits per heavy atom. The molecule has 1 unspecified atom stereocenters. The van der Waals surface area contributed by atoms with Crippen LogP contribution in [0.1, 0.15) is 13.8 Å². The Balaban J connectivity index is 2.17. The zero-order chi connectivity index (χ0) is 15.4. The zero-order valence-corrected chi connectivity index (χ0v) is 11.8. The van der Waals surface area contributed by atoms with Crippen molar-refractivity contribution in [3.8, 4) is 0 Å². The normalized spacial score (nSPS) is 12.1. The molecular weight excluding hydrogens is 270 g/mol. The van der Waals surface area contributed by atoms with Crippen LogP contribution in [-0.4, -0.2) is 28.1 Å². The molecule has 0 saturated carbocycles. The molecule has 6 nitrogen and oxygen atoms in total. The maximum absolute atomic E-state index is 12.0. The van der Waals surface area contributed by atoms with E-state index in [2.05, 4.69) is 15.6 Å². The van der Waals surface area contributed by atoms with Gasteiger partial charge in [0.05, 0.1) is 11.2 Å². The first kappa shape index (κ1) is 14.8. The second kappa shape index (κ2) is 6.21. The fourth-order valence-electron chi connectivity index (χ4n) is 2.03. The zero-order valence-electron chi connectivity index (χ0n) is 11.8. The average molecular weight is 287 g/mol. The van der Waals surface area contributed by atoms with Crippen LogP contribution < -0.4 is 10.6 Å². The fourth-order valence-corrected chi connectivity index (χ4v) is 2.03. The van der Waals surface area contributed by atoms with Crippen molar-refractivity contribution >= 4 is 28.6 Å². The van der Waals surface area contributed by atoms with Crippen molar-refractivity contribution in [3.63, 3.8) is 0 Å². The summed E-state index contributed by atoms with van der Waals surface area (Å²) in [5.41, 5.74) is 1.35. The summed E-state index contributed by atoms with van der Waals surface area (Å²) < 4.78 is 0. The van der Waals surface area contributed by atoms with Gasteiger partial charge in [-0.25, -0.2) is 9.59 Å². The van der Waals surface area contributed by atoms with Crippen LogP contribution >= 0.6 is 0 Å². The average Bonchev–Trinajstić information content (AvgIpc) is 2.44. The van der Waals surface area contributed by atoms with Gasteiger partial charge in [-0.2, -0.15) is 0 Å². The van der Waals surface area contributed by atoms with E-state index in [-0.39, 0.29) is 5.92 Å². The molecule has 2 aromatic rings. The predicted molar refractivity (Wildman–Crippen MR) is 80.2 cm³/mol. The van der Waals surface area contributed by atoms with Crippen LogP contribution in [-0.2, 0) is 4.79 Å². The van der Waals surface area contributed by atoms with Gasteiger partial charge < -0.3 is 15.7 Å². The van der Waals surface area contributed by atoms with Gasteiger partial charge in [-0.15, -0.1) is 0 Å². The number of fused-ring (bicyclic) bond motifs is 1. The summed E-state index contributed by atoms with van der Waals surface area (Å²) in [6.45, 7) is 3.47. The molecule has 0 fully saturated rings. The SMILES string of the molecule is CC(C)C(NC(=O)Nc1cccc2ncccc12)C(=O)O. The highest BCUT2D eigenvalue weighted by atomic mass is 16.4. The van der Waals surface area contributed by atoms with Gasteiger partial charge in [-0.1, -0.05) is 19.9 Å². The molecule has 0 aliphatic carbocycles. The first-order chi connectivity index (χ1) is 9.99. The van der Waals surface area contributed by atoms with Crippen molar-refractivity contribution < 1.29 is 14.7 Å². The lowest BCUT2D eigenvalue weighted by Crippen LogP contribution is -2.46. The quantitative estimate of drug-likeness (QED) is 0.805. The monoisotopic (exact) mass is 287 g/mol. The molecule has 0 saturated heterocycles. The second-order valence-electron chi connectivity index (χ2n) is 5.03. The Kier molecular flexibility index (Phi) is 4.37. The molecule has 6 heteroatoms. The lowest BCUT2D eigenvalue weighted by Gasteiger charge is -2.18. The third-order valence-electron chi connectivity index (χ3n) is 3.11. The molecule has 3 N–H and O–H groups in total. The number of carbonyl (C=O) groups is 2. The second-order valence-corrected chi connectivity index (χ2v) is 5.03. The molecule has 21 heavy (non-hydrogen) atoms. The molecule has 0 aliphatic heterocycles. The Hall–Kier alpha value is -2.63. The standard InChI is InChI=1S/C15H17N3O3/c1-9(2)13(14(19)20)18-15(21)17-12-7-3-6-11-10(12)5-4-8-16-11/h3-9,13H,1-2H3,(H,19,20)(H2,17,18,21). The van der Waals surface area contributed by atoms with Gasteiger partial charge in [0.25, 0.3) is 0 Å². The van der Waals surface area contributed by atoms with Crippen molar-refractivity contribution in [1.82, 2.24) is 10.3 Å². The van der Waals surface area contributed by atoms with Crippen molar-refractivity contribution in [2.24, 2.45) is 5.92 Å². The van der Waals surface area contributed by atoms with E-state index in [0.717, 1.165) is 10.9 Å². The van der Waals surface area contributed by atoms with Crippen LogP contribution in [0.4, 0.5) is 10.5 Å². The maximum atomic E-state index is 12.0. The van der Waals surface area contributed by atoms with Gasteiger partial charge >= 0.3 is 12.0 Å². The van der Waals surface area contributed by atoms with Gasteiger partial charge in [-0.05, 0) is 30.2 Å². The number of anilines is 1. The van der Waals surface area contributed by atoms with Gasteiger partial charge in [0.2, 0.25) is 0 Å². The number of amides is 2. The summed E-state index contributed by atoms with van der Waals surface area (Å²) in [6, 6.07) is 7.50. The molecule has 1 aromatic heterocycles. The Labute approximate surface area is 122 Å². The molecule has 1 aromatic carbocycles. The summed E-state index contributed by atoms with van der Waals surface area (Å²) in [5, 5.41) is 15.0. The minimum atomic E-state index is -1.06. The molecule has 0 spiro atoms. The number of aliphatic carboxylic acids is 1. The number of hydrogen-bond donors (Lipinski definition) is 3. The van der Waals surface area contributed by atoms with Gasteiger partial charge in [0, 0.05) is 11.6 Å². The molecule has 2 amide bonds. The van der Waals surface area contributed by atoms with Crippen molar-refractivity contribution in [2.75, 3.05) is 5.32 Å². The number of hydrogen-bond acceptors (Lipinski definition) is 3. The molecule has 0 radical (unpaired) electrons. The van der Waals surface area contributed by atoms with E-state index >= 15 is 0 Å². The summed E-state index contributed by atoms with van der Waals surface area (Å²) in [6.07, 6.45) is 1.67. The van der Waals surface area contributed by atoms with Gasteiger partial charge in [0.1, 0.15) is 6.04 Å². The van der Waals surface area contributed by atoms with Crippen molar-refractivity contribution in [2.45, 2.75) is 19.9 Å². The van der Waals surface area contributed by atoms with E-state index in [1.807, 2.05) is 12.1 Å². The lowest BCUT2D eigenvalue weighted by atomic mass is 10.1. The predicted octanol–water partition coefficient (Wildman–Crippen LogP) is 2.47. The number of urea groups is 1. The fraction of sp³-hybridized carbons (Fsp3) is 0.267. The molecule has 1 heterocycles. The van der Waals surface area contributed by atoms with Crippen molar-refractivity contribution in [3.05, 3.63) is 36.5 Å². The highest BCUT2D eigenvalue weighted by molar-refractivity contribution is 6.01. The van der Waals surface area contributed by atoms with E-state index in [1.165, 1.54) is 0 Å². The summed E-state index contributed by atoms with van der Waals surface area (Å²) in [7, 11) is 0. The van der Waals surface area contributed by atoms with Crippen LogP contribution in [0.25, 0.3) is 10.9 Å².